The Labute approximate surface area is 178 Å². The van der Waals surface area contributed by atoms with Crippen molar-refractivity contribution in [2.45, 2.75) is 26.3 Å². The summed E-state index contributed by atoms with van der Waals surface area (Å²) in [5, 5.41) is 1.27. The number of benzene rings is 2. The fourth-order valence-corrected chi connectivity index (χ4v) is 4.36. The second kappa shape index (κ2) is 8.72. The normalized spacial score (nSPS) is 11.0. The Morgan fingerprint density at radius 2 is 1.93 bits per heavy atom. The van der Waals surface area contributed by atoms with Gasteiger partial charge in [0.25, 0.3) is 0 Å². The highest BCUT2D eigenvalue weighted by atomic mass is 35.5. The zero-order chi connectivity index (χ0) is 20.2. The number of pyridine rings is 1. The molecule has 0 fully saturated rings. The first-order valence-electron chi connectivity index (χ1n) is 9.47. The van der Waals surface area contributed by atoms with Gasteiger partial charge < -0.3 is 0 Å². The predicted octanol–water partition coefficient (Wildman–Crippen LogP) is 5.68. The van der Waals surface area contributed by atoms with Crippen molar-refractivity contribution in [3.8, 4) is 0 Å². The summed E-state index contributed by atoms with van der Waals surface area (Å²) in [4.78, 5) is 24.1. The van der Waals surface area contributed by atoms with Gasteiger partial charge in [-0.2, -0.15) is 0 Å². The van der Waals surface area contributed by atoms with Crippen LogP contribution < -0.4 is 4.90 Å². The number of rotatable bonds is 6. The monoisotopic (exact) mass is 421 g/mol. The average Bonchev–Trinajstić information content (AvgIpc) is 3.17. The lowest BCUT2D eigenvalue weighted by Crippen LogP contribution is -2.32. The Bertz CT molecular complexity index is 1140. The number of amides is 1. The van der Waals surface area contributed by atoms with Gasteiger partial charge in [-0.15, -0.1) is 0 Å². The fraction of sp³-hybridized carbons (Fsp3) is 0.174. The van der Waals surface area contributed by atoms with Crippen LogP contribution in [0.15, 0.2) is 66.9 Å². The molecule has 0 N–H and O–H groups in total. The first-order valence-corrected chi connectivity index (χ1v) is 10.7. The van der Waals surface area contributed by atoms with Crippen molar-refractivity contribution >= 4 is 44.2 Å². The molecule has 0 spiro atoms. The molecule has 0 radical (unpaired) electrons. The third kappa shape index (κ3) is 4.47. The molecule has 0 saturated heterocycles. The molecule has 2 aromatic carbocycles. The smallest absolute Gasteiger partial charge is 0.233 e. The van der Waals surface area contributed by atoms with Crippen LogP contribution in [0, 0.1) is 0 Å². The maximum absolute atomic E-state index is 13.3. The Morgan fingerprint density at radius 1 is 1.10 bits per heavy atom. The highest BCUT2D eigenvalue weighted by molar-refractivity contribution is 7.22. The van der Waals surface area contributed by atoms with E-state index in [0.717, 1.165) is 27.9 Å². The summed E-state index contributed by atoms with van der Waals surface area (Å²) >= 11 is 7.81. The number of aryl methyl sites for hydroxylation is 1. The van der Waals surface area contributed by atoms with Gasteiger partial charge in [0, 0.05) is 11.2 Å². The second-order valence-corrected chi connectivity index (χ2v) is 8.14. The number of hydrogen-bond acceptors (Lipinski definition) is 4. The molecule has 4 aromatic rings. The van der Waals surface area contributed by atoms with Gasteiger partial charge in [-0.3, -0.25) is 14.7 Å². The van der Waals surface area contributed by atoms with E-state index in [2.05, 4.69) is 24.0 Å². The molecular formula is C23H20ClN3OS. The van der Waals surface area contributed by atoms with Crippen molar-refractivity contribution in [1.29, 1.82) is 0 Å². The van der Waals surface area contributed by atoms with Crippen molar-refractivity contribution < 1.29 is 4.79 Å². The van der Waals surface area contributed by atoms with Gasteiger partial charge in [0.15, 0.2) is 5.13 Å². The van der Waals surface area contributed by atoms with Crippen molar-refractivity contribution in [3.63, 3.8) is 0 Å². The second-order valence-electron chi connectivity index (χ2n) is 6.72. The number of carbonyl (C=O) groups is 1. The average molecular weight is 422 g/mol. The number of aromatic nitrogens is 2. The molecule has 2 aromatic heterocycles. The zero-order valence-electron chi connectivity index (χ0n) is 16.0. The Kier molecular flexibility index (Phi) is 5.88. The molecule has 4 nitrogen and oxygen atoms in total. The first kappa shape index (κ1) is 19.6. The summed E-state index contributed by atoms with van der Waals surface area (Å²) in [5.74, 6) is -0.0569. The van der Waals surface area contributed by atoms with Crippen molar-refractivity contribution in [2.24, 2.45) is 0 Å². The Morgan fingerprint density at radius 3 is 2.69 bits per heavy atom. The van der Waals surface area contributed by atoms with Gasteiger partial charge in [0.05, 0.1) is 28.9 Å². The van der Waals surface area contributed by atoms with E-state index in [0.29, 0.717) is 16.7 Å². The van der Waals surface area contributed by atoms with Crippen LogP contribution in [0.2, 0.25) is 5.02 Å². The van der Waals surface area contributed by atoms with Crippen LogP contribution in [0.5, 0.6) is 0 Å². The fourth-order valence-electron chi connectivity index (χ4n) is 3.11. The molecule has 6 heteroatoms. The van der Waals surface area contributed by atoms with E-state index in [-0.39, 0.29) is 12.3 Å². The molecule has 0 saturated carbocycles. The van der Waals surface area contributed by atoms with E-state index in [1.165, 1.54) is 16.9 Å². The summed E-state index contributed by atoms with van der Waals surface area (Å²) in [6, 6.07) is 19.4. The minimum Gasteiger partial charge on any atom is -0.282 e. The van der Waals surface area contributed by atoms with Gasteiger partial charge in [0.2, 0.25) is 5.91 Å². The number of fused-ring (bicyclic) bond motifs is 1. The number of thiazole rings is 1. The largest absolute Gasteiger partial charge is 0.282 e. The van der Waals surface area contributed by atoms with E-state index in [9.17, 15) is 4.79 Å². The van der Waals surface area contributed by atoms with E-state index < -0.39 is 0 Å². The van der Waals surface area contributed by atoms with Gasteiger partial charge in [-0.1, -0.05) is 60.2 Å². The van der Waals surface area contributed by atoms with Crippen molar-refractivity contribution in [1.82, 2.24) is 9.97 Å². The van der Waals surface area contributed by atoms with E-state index in [1.807, 2.05) is 42.5 Å². The third-order valence-electron chi connectivity index (χ3n) is 4.73. The topological polar surface area (TPSA) is 46.1 Å². The summed E-state index contributed by atoms with van der Waals surface area (Å²) in [5.41, 5.74) is 3.78. The molecule has 0 unspecified atom stereocenters. The van der Waals surface area contributed by atoms with Gasteiger partial charge in [-0.25, -0.2) is 4.98 Å². The van der Waals surface area contributed by atoms with E-state index in [4.69, 9.17) is 16.6 Å². The van der Waals surface area contributed by atoms with Crippen LogP contribution in [0.25, 0.3) is 10.2 Å². The quantitative estimate of drug-likeness (QED) is 0.402. The molecule has 4 rings (SSSR count). The van der Waals surface area contributed by atoms with Crippen LogP contribution >= 0.6 is 22.9 Å². The molecule has 0 aliphatic rings. The molecule has 0 bridgehead atoms. The summed E-state index contributed by atoms with van der Waals surface area (Å²) in [7, 11) is 0. The Balaban J connectivity index is 1.70. The maximum atomic E-state index is 13.3. The third-order valence-corrected chi connectivity index (χ3v) is 6.14. The molecule has 146 valence electrons. The zero-order valence-corrected chi connectivity index (χ0v) is 17.6. The minimum absolute atomic E-state index is 0.0569. The highest BCUT2D eigenvalue weighted by Crippen LogP contribution is 2.31. The summed E-state index contributed by atoms with van der Waals surface area (Å²) in [6.45, 7) is 2.49. The molecule has 1 amide bonds. The Hall–Kier alpha value is -2.76. The summed E-state index contributed by atoms with van der Waals surface area (Å²) < 4.78 is 1.08. The molecule has 0 aliphatic carbocycles. The standard InChI is InChI=1S/C23H20ClN3OS/c1-2-16-10-11-20-21(13-16)29-23(26-20)27(15-18-8-5-6-12-25-18)22(28)14-17-7-3-4-9-19(17)24/h3-13H,2,14-15H2,1H3. The first-order chi connectivity index (χ1) is 14.1. The van der Waals surface area contributed by atoms with Crippen LogP contribution in [0.1, 0.15) is 23.7 Å². The van der Waals surface area contributed by atoms with Gasteiger partial charge in [-0.05, 0) is 47.9 Å². The van der Waals surface area contributed by atoms with Gasteiger partial charge in [0.1, 0.15) is 0 Å². The minimum atomic E-state index is -0.0569. The molecule has 29 heavy (non-hydrogen) atoms. The number of nitrogens with zero attached hydrogens (tertiary/aromatic N) is 3. The lowest BCUT2D eigenvalue weighted by atomic mass is 10.1. The highest BCUT2D eigenvalue weighted by Gasteiger charge is 2.22. The summed E-state index contributed by atoms with van der Waals surface area (Å²) in [6.07, 6.45) is 2.91. The SMILES string of the molecule is CCc1ccc2nc(N(Cc3ccccn3)C(=O)Cc3ccccc3Cl)sc2c1. The van der Waals surface area contributed by atoms with Gasteiger partial charge >= 0.3 is 0 Å². The van der Waals surface area contributed by atoms with E-state index in [1.54, 1.807) is 17.2 Å². The number of anilines is 1. The predicted molar refractivity (Wildman–Crippen MR) is 120 cm³/mol. The molecule has 0 aliphatic heterocycles. The maximum Gasteiger partial charge on any atom is 0.233 e. The van der Waals surface area contributed by atoms with Crippen molar-refractivity contribution in [2.75, 3.05) is 4.90 Å². The lowest BCUT2D eigenvalue weighted by molar-refractivity contribution is -0.118. The lowest BCUT2D eigenvalue weighted by Gasteiger charge is -2.20. The van der Waals surface area contributed by atoms with Crippen LogP contribution in [0.3, 0.4) is 0 Å². The van der Waals surface area contributed by atoms with E-state index >= 15 is 0 Å². The number of halogens is 1. The van der Waals surface area contributed by atoms with Crippen LogP contribution in [-0.2, 0) is 24.2 Å². The number of hydrogen-bond donors (Lipinski definition) is 0. The van der Waals surface area contributed by atoms with Crippen molar-refractivity contribution in [3.05, 3.63) is 88.7 Å². The molecular weight excluding hydrogens is 402 g/mol. The molecule has 0 atom stereocenters. The van der Waals surface area contributed by atoms with Crippen LogP contribution in [-0.4, -0.2) is 15.9 Å². The molecule has 2 heterocycles. The number of carbonyl (C=O) groups excluding carboxylic acids is 1. The van der Waals surface area contributed by atoms with Crippen LogP contribution in [0.4, 0.5) is 5.13 Å².